The van der Waals surface area contributed by atoms with Crippen molar-refractivity contribution in [3.05, 3.63) is 103 Å². The average molecular weight is 338 g/mol. The highest BCUT2D eigenvalue weighted by molar-refractivity contribution is 6.84. The van der Waals surface area contributed by atoms with Crippen LogP contribution in [0.3, 0.4) is 0 Å². The van der Waals surface area contributed by atoms with Gasteiger partial charge in [-0.15, -0.1) is 0 Å². The molecule has 0 aliphatic rings. The maximum Gasteiger partial charge on any atom is 0.206 e. The number of aryl methyl sites for hydroxylation is 1. The fourth-order valence-corrected chi connectivity index (χ4v) is 2.91. The number of aromatic nitrogens is 2. The largest absolute Gasteiger partial charge is 0.334 e. The molecule has 4 aromatic rings. The van der Waals surface area contributed by atoms with E-state index < -0.39 is 0 Å². The number of benzene rings is 3. The molecule has 0 aliphatic heterocycles. The fraction of sp³-hybridized carbons (Fsp3) is 0.0870. The van der Waals surface area contributed by atoms with Crippen LogP contribution in [0, 0.1) is 0 Å². The second-order valence-corrected chi connectivity index (χ2v) is 6.27. The summed E-state index contributed by atoms with van der Waals surface area (Å²) in [5, 5.41) is 0. The molecule has 0 atom stereocenters. The third kappa shape index (κ3) is 4.51. The topological polar surface area (TPSA) is 17.8 Å². The highest BCUT2D eigenvalue weighted by Gasteiger charge is 2.10. The summed E-state index contributed by atoms with van der Waals surface area (Å²) in [6.07, 6.45) is 3.75. The van der Waals surface area contributed by atoms with Gasteiger partial charge in [0, 0.05) is 25.0 Å². The Hall–Kier alpha value is -3.07. The molecular formula is C23H23BN2. The minimum absolute atomic E-state index is 0.484. The van der Waals surface area contributed by atoms with Gasteiger partial charge in [-0.25, -0.2) is 4.98 Å². The molecule has 0 fully saturated rings. The summed E-state index contributed by atoms with van der Waals surface area (Å²) in [4.78, 5) is 4.25. The third-order valence-corrected chi connectivity index (χ3v) is 4.45. The monoisotopic (exact) mass is 338 g/mol. The van der Waals surface area contributed by atoms with Gasteiger partial charge >= 0.3 is 0 Å². The van der Waals surface area contributed by atoms with Gasteiger partial charge in [0.1, 0.15) is 5.82 Å². The smallest absolute Gasteiger partial charge is 0.206 e. The van der Waals surface area contributed by atoms with Gasteiger partial charge in [-0.05, 0) is 0 Å². The minimum Gasteiger partial charge on any atom is -0.334 e. The number of hydrogen-bond acceptors (Lipinski definition) is 1. The lowest BCUT2D eigenvalue weighted by molar-refractivity contribution is 0.925. The lowest BCUT2D eigenvalue weighted by Crippen LogP contribution is -2.38. The molecule has 0 saturated carbocycles. The molecule has 3 aromatic carbocycles. The zero-order chi connectivity index (χ0) is 18.2. The van der Waals surface area contributed by atoms with Gasteiger partial charge in [-0.3, -0.25) is 0 Å². The third-order valence-electron chi connectivity index (χ3n) is 4.45. The number of imidazole rings is 1. The predicted molar refractivity (Wildman–Crippen MR) is 112 cm³/mol. The SMILES string of the molecule is CB(c1ccccc1)c1ccccc1.Cn1ccnc1-c1ccccc1. The Morgan fingerprint density at radius 1 is 0.692 bits per heavy atom. The first-order valence-corrected chi connectivity index (χ1v) is 8.88. The average Bonchev–Trinajstić information content (AvgIpc) is 3.16. The standard InChI is InChI=1S/C13H13B.C10H10N2/c1-14(12-8-4-2-5-9-12)13-10-6-3-7-11-13;1-12-8-7-11-10(12)9-5-3-2-4-6-9/h2-11H,1H3;2-8H,1H3. The van der Waals surface area contributed by atoms with Crippen LogP contribution in [0.5, 0.6) is 0 Å². The maximum atomic E-state index is 4.25. The first kappa shape index (κ1) is 17.7. The first-order valence-electron chi connectivity index (χ1n) is 8.88. The lowest BCUT2D eigenvalue weighted by atomic mass is 9.43. The van der Waals surface area contributed by atoms with E-state index in [0.29, 0.717) is 6.71 Å². The molecule has 0 radical (unpaired) electrons. The van der Waals surface area contributed by atoms with Crippen molar-refractivity contribution in [2.75, 3.05) is 0 Å². The van der Waals surface area contributed by atoms with E-state index in [1.165, 1.54) is 10.9 Å². The fourth-order valence-electron chi connectivity index (χ4n) is 2.91. The summed E-state index contributed by atoms with van der Waals surface area (Å²) in [7, 11) is 2.00. The predicted octanol–water partition coefficient (Wildman–Crippen LogP) is 4.01. The second-order valence-electron chi connectivity index (χ2n) is 6.27. The Labute approximate surface area is 156 Å². The molecule has 1 heterocycles. The second kappa shape index (κ2) is 8.86. The van der Waals surface area contributed by atoms with E-state index in [1.54, 1.807) is 0 Å². The van der Waals surface area contributed by atoms with E-state index >= 15 is 0 Å². The summed E-state index contributed by atoms with van der Waals surface area (Å²) < 4.78 is 2.01. The van der Waals surface area contributed by atoms with Crippen LogP contribution in [-0.2, 0) is 7.05 Å². The molecule has 0 amide bonds. The molecule has 3 heteroatoms. The molecule has 128 valence electrons. The van der Waals surface area contributed by atoms with Crippen molar-refractivity contribution in [1.82, 2.24) is 9.55 Å². The van der Waals surface area contributed by atoms with Crippen LogP contribution in [0.1, 0.15) is 0 Å². The molecule has 4 rings (SSSR count). The van der Waals surface area contributed by atoms with Crippen LogP contribution in [0.2, 0.25) is 6.82 Å². The van der Waals surface area contributed by atoms with Gasteiger partial charge in [0.2, 0.25) is 6.71 Å². The van der Waals surface area contributed by atoms with Gasteiger partial charge in [0.25, 0.3) is 0 Å². The van der Waals surface area contributed by atoms with E-state index in [4.69, 9.17) is 0 Å². The summed E-state index contributed by atoms with van der Waals surface area (Å²) in [6.45, 7) is 2.72. The van der Waals surface area contributed by atoms with Crippen LogP contribution >= 0.6 is 0 Å². The molecule has 0 aliphatic carbocycles. The van der Waals surface area contributed by atoms with Gasteiger partial charge in [0.05, 0.1) is 0 Å². The molecule has 0 N–H and O–H groups in total. The Morgan fingerprint density at radius 3 is 1.58 bits per heavy atom. The first-order chi connectivity index (χ1) is 12.8. The summed E-state index contributed by atoms with van der Waals surface area (Å²) >= 11 is 0. The molecule has 0 unspecified atom stereocenters. The van der Waals surface area contributed by atoms with Gasteiger partial charge in [-0.2, -0.15) is 0 Å². The van der Waals surface area contributed by atoms with Crippen LogP contribution in [0.25, 0.3) is 11.4 Å². The summed E-state index contributed by atoms with van der Waals surface area (Å²) in [5.74, 6) is 1.01. The van der Waals surface area contributed by atoms with E-state index in [1.807, 2.05) is 42.2 Å². The molecule has 0 saturated heterocycles. The minimum atomic E-state index is 0.484. The van der Waals surface area contributed by atoms with E-state index in [2.05, 4.69) is 84.6 Å². The maximum absolute atomic E-state index is 4.25. The van der Waals surface area contributed by atoms with Crippen molar-refractivity contribution < 1.29 is 0 Å². The van der Waals surface area contributed by atoms with Crippen molar-refractivity contribution in [2.24, 2.45) is 7.05 Å². The van der Waals surface area contributed by atoms with Crippen molar-refractivity contribution in [2.45, 2.75) is 6.82 Å². The van der Waals surface area contributed by atoms with Crippen LogP contribution in [0.4, 0.5) is 0 Å². The van der Waals surface area contributed by atoms with Crippen molar-refractivity contribution in [3.63, 3.8) is 0 Å². The zero-order valence-corrected chi connectivity index (χ0v) is 15.3. The van der Waals surface area contributed by atoms with Crippen molar-refractivity contribution in [1.29, 1.82) is 0 Å². The normalized spacial score (nSPS) is 9.92. The summed E-state index contributed by atoms with van der Waals surface area (Å²) in [5.41, 5.74) is 3.90. The Bertz CT molecular complexity index is 863. The van der Waals surface area contributed by atoms with Crippen molar-refractivity contribution in [3.8, 4) is 11.4 Å². The molecule has 2 nitrogen and oxygen atoms in total. The number of nitrogens with zero attached hydrogens (tertiary/aromatic N) is 2. The van der Waals surface area contributed by atoms with Crippen LogP contribution in [-0.4, -0.2) is 16.3 Å². The zero-order valence-electron chi connectivity index (χ0n) is 15.3. The van der Waals surface area contributed by atoms with Gasteiger partial charge < -0.3 is 4.57 Å². The molecule has 0 spiro atoms. The lowest BCUT2D eigenvalue weighted by Gasteiger charge is -2.08. The Balaban J connectivity index is 0.000000152. The van der Waals surface area contributed by atoms with Crippen molar-refractivity contribution >= 4 is 17.6 Å². The molecule has 1 aromatic heterocycles. The van der Waals surface area contributed by atoms with Crippen LogP contribution in [0.15, 0.2) is 103 Å². The Morgan fingerprint density at radius 2 is 1.15 bits per heavy atom. The van der Waals surface area contributed by atoms with E-state index in [-0.39, 0.29) is 0 Å². The molecule has 26 heavy (non-hydrogen) atoms. The van der Waals surface area contributed by atoms with Crippen LogP contribution < -0.4 is 10.9 Å². The Kier molecular flexibility index (Phi) is 6.05. The molecular weight excluding hydrogens is 315 g/mol. The molecule has 0 bridgehead atoms. The van der Waals surface area contributed by atoms with E-state index in [0.717, 1.165) is 11.4 Å². The summed E-state index contributed by atoms with van der Waals surface area (Å²) in [6, 6.07) is 31.4. The van der Waals surface area contributed by atoms with Gasteiger partial charge in [0.15, 0.2) is 0 Å². The highest BCUT2D eigenvalue weighted by atomic mass is 15.0. The van der Waals surface area contributed by atoms with Gasteiger partial charge in [-0.1, -0.05) is 109 Å². The quantitative estimate of drug-likeness (QED) is 0.516. The highest BCUT2D eigenvalue weighted by Crippen LogP contribution is 2.14. The number of hydrogen-bond donors (Lipinski definition) is 0. The number of rotatable bonds is 3. The van der Waals surface area contributed by atoms with E-state index in [9.17, 15) is 0 Å².